The van der Waals surface area contributed by atoms with Crippen LogP contribution in [0.25, 0.3) is 11.2 Å². The summed E-state index contributed by atoms with van der Waals surface area (Å²) in [6.07, 6.45) is 1.62. The van der Waals surface area contributed by atoms with Crippen LogP contribution >= 0.6 is 22.6 Å². The van der Waals surface area contributed by atoms with Crippen LogP contribution in [0.4, 0.5) is 5.95 Å². The minimum atomic E-state index is 0.250. The number of aromatic amines is 1. The van der Waals surface area contributed by atoms with Crippen LogP contribution < -0.4 is 5.73 Å². The molecule has 0 unspecified atom stereocenters. The van der Waals surface area contributed by atoms with Gasteiger partial charge in [0, 0.05) is 0 Å². The Morgan fingerprint density at radius 3 is 3.09 bits per heavy atom. The summed E-state index contributed by atoms with van der Waals surface area (Å²) in [6.45, 7) is 0. The molecule has 0 saturated heterocycles. The molecule has 11 heavy (non-hydrogen) atoms. The zero-order chi connectivity index (χ0) is 7.84. The average molecular weight is 261 g/mol. The lowest BCUT2D eigenvalue weighted by molar-refractivity contribution is 1.21. The Labute approximate surface area is 75.6 Å². The fourth-order valence-corrected chi connectivity index (χ4v) is 1.31. The molecule has 3 N–H and O–H groups in total. The maximum absolute atomic E-state index is 5.35. The Morgan fingerprint density at radius 2 is 2.27 bits per heavy atom. The molecule has 0 aliphatic heterocycles. The molecule has 0 spiro atoms. The van der Waals surface area contributed by atoms with E-state index >= 15 is 0 Å². The van der Waals surface area contributed by atoms with Crippen molar-refractivity contribution in [3.05, 3.63) is 10.0 Å². The SMILES string of the molecule is Nc1ncc2[nH]c(I)nc2n1. The summed E-state index contributed by atoms with van der Waals surface area (Å²) in [5.41, 5.74) is 6.78. The van der Waals surface area contributed by atoms with Gasteiger partial charge in [0.25, 0.3) is 0 Å². The second kappa shape index (κ2) is 2.29. The Balaban J connectivity index is 2.82. The lowest BCUT2D eigenvalue weighted by Gasteiger charge is -1.87. The number of rotatable bonds is 0. The highest BCUT2D eigenvalue weighted by molar-refractivity contribution is 14.1. The van der Waals surface area contributed by atoms with E-state index in [2.05, 4.69) is 42.5 Å². The van der Waals surface area contributed by atoms with Gasteiger partial charge in [-0.25, -0.2) is 9.97 Å². The Hall–Kier alpha value is -0.920. The third-order valence-electron chi connectivity index (χ3n) is 1.23. The molecule has 0 radical (unpaired) electrons. The van der Waals surface area contributed by atoms with Gasteiger partial charge < -0.3 is 10.7 Å². The second-order valence-corrected chi connectivity index (χ2v) is 3.01. The lowest BCUT2D eigenvalue weighted by atomic mass is 10.6. The van der Waals surface area contributed by atoms with Crippen LogP contribution in [-0.4, -0.2) is 19.9 Å². The molecule has 0 bridgehead atoms. The summed E-state index contributed by atoms with van der Waals surface area (Å²) in [5.74, 6) is 0.250. The monoisotopic (exact) mass is 261 g/mol. The molecular weight excluding hydrogens is 257 g/mol. The summed E-state index contributed by atoms with van der Waals surface area (Å²) in [7, 11) is 0. The van der Waals surface area contributed by atoms with Crippen molar-refractivity contribution in [3.63, 3.8) is 0 Å². The van der Waals surface area contributed by atoms with Gasteiger partial charge in [0.15, 0.2) is 9.48 Å². The molecule has 0 amide bonds. The Kier molecular flexibility index (Phi) is 1.41. The van der Waals surface area contributed by atoms with Crippen molar-refractivity contribution in [1.82, 2.24) is 19.9 Å². The number of anilines is 1. The molecule has 2 rings (SSSR count). The number of hydrogen-bond donors (Lipinski definition) is 2. The van der Waals surface area contributed by atoms with E-state index < -0.39 is 0 Å². The fourth-order valence-electron chi connectivity index (χ4n) is 0.791. The number of fused-ring (bicyclic) bond motifs is 1. The Morgan fingerprint density at radius 1 is 1.45 bits per heavy atom. The van der Waals surface area contributed by atoms with Gasteiger partial charge in [-0.3, -0.25) is 0 Å². The van der Waals surface area contributed by atoms with Crippen LogP contribution in [0.1, 0.15) is 0 Å². The van der Waals surface area contributed by atoms with Gasteiger partial charge in [-0.1, -0.05) is 0 Å². The summed E-state index contributed by atoms with van der Waals surface area (Å²) in [6, 6.07) is 0. The van der Waals surface area contributed by atoms with Crippen molar-refractivity contribution in [2.45, 2.75) is 0 Å². The molecule has 0 saturated carbocycles. The topological polar surface area (TPSA) is 80.5 Å². The number of imidazole rings is 1. The van der Waals surface area contributed by atoms with Gasteiger partial charge >= 0.3 is 0 Å². The highest BCUT2D eigenvalue weighted by Gasteiger charge is 2.00. The zero-order valence-electron chi connectivity index (χ0n) is 5.37. The molecule has 0 fully saturated rings. The molecule has 0 aliphatic rings. The normalized spacial score (nSPS) is 10.6. The summed E-state index contributed by atoms with van der Waals surface area (Å²) < 4.78 is 0.789. The molecular formula is C5H4IN5. The van der Waals surface area contributed by atoms with Crippen LogP contribution in [0.2, 0.25) is 0 Å². The number of H-pyrrole nitrogens is 1. The van der Waals surface area contributed by atoms with E-state index in [0.717, 1.165) is 9.35 Å². The van der Waals surface area contributed by atoms with E-state index in [-0.39, 0.29) is 5.95 Å². The second-order valence-electron chi connectivity index (χ2n) is 1.99. The van der Waals surface area contributed by atoms with Gasteiger partial charge in [0.05, 0.1) is 6.20 Å². The number of nitrogens with two attached hydrogens (primary N) is 1. The molecule has 0 atom stereocenters. The maximum atomic E-state index is 5.35. The first-order valence-corrected chi connectivity index (χ1v) is 3.97. The van der Waals surface area contributed by atoms with Gasteiger partial charge in [-0.15, -0.1) is 0 Å². The molecule has 0 aliphatic carbocycles. The van der Waals surface area contributed by atoms with Crippen LogP contribution in [0.15, 0.2) is 6.20 Å². The van der Waals surface area contributed by atoms with Crippen molar-refractivity contribution in [3.8, 4) is 0 Å². The lowest BCUT2D eigenvalue weighted by Crippen LogP contribution is -1.93. The van der Waals surface area contributed by atoms with Crippen LogP contribution in [-0.2, 0) is 0 Å². The van der Waals surface area contributed by atoms with Crippen molar-refractivity contribution in [2.75, 3.05) is 5.73 Å². The van der Waals surface area contributed by atoms with Crippen LogP contribution in [0.5, 0.6) is 0 Å². The maximum Gasteiger partial charge on any atom is 0.222 e. The Bertz CT molecular complexity index is 395. The quantitative estimate of drug-likeness (QED) is 0.535. The predicted molar refractivity (Wildman–Crippen MR) is 48.8 cm³/mol. The van der Waals surface area contributed by atoms with E-state index in [1.165, 1.54) is 0 Å². The number of aromatic nitrogens is 4. The third-order valence-corrected chi connectivity index (χ3v) is 1.74. The fraction of sp³-hybridized carbons (Fsp3) is 0. The van der Waals surface area contributed by atoms with Crippen LogP contribution in [0.3, 0.4) is 0 Å². The van der Waals surface area contributed by atoms with E-state index in [9.17, 15) is 0 Å². The van der Waals surface area contributed by atoms with Gasteiger partial charge in [-0.05, 0) is 22.6 Å². The standard InChI is InChI=1S/C5H4IN5/c6-4-9-2-1-8-5(7)11-3(2)10-4/h1H,(H3,7,8,9,10,11). The first-order chi connectivity index (χ1) is 5.25. The highest BCUT2D eigenvalue weighted by Crippen LogP contribution is 2.09. The predicted octanol–water partition coefficient (Wildman–Crippen LogP) is 0.540. The molecule has 2 heterocycles. The third kappa shape index (κ3) is 1.13. The van der Waals surface area contributed by atoms with Crippen molar-refractivity contribution in [1.29, 1.82) is 0 Å². The summed E-state index contributed by atoms with van der Waals surface area (Å²) >= 11 is 2.07. The zero-order valence-corrected chi connectivity index (χ0v) is 7.53. The van der Waals surface area contributed by atoms with Gasteiger partial charge in [0.1, 0.15) is 5.52 Å². The summed E-state index contributed by atoms with van der Waals surface area (Å²) in [5, 5.41) is 0. The molecule has 5 nitrogen and oxygen atoms in total. The number of nitrogens with one attached hydrogen (secondary N) is 1. The van der Waals surface area contributed by atoms with E-state index in [1.807, 2.05) is 0 Å². The minimum Gasteiger partial charge on any atom is -0.368 e. The van der Waals surface area contributed by atoms with E-state index in [0.29, 0.717) is 5.65 Å². The molecule has 0 aromatic carbocycles. The average Bonchev–Trinajstić information content (AvgIpc) is 2.27. The largest absolute Gasteiger partial charge is 0.368 e. The number of nitrogen functional groups attached to an aromatic ring is 1. The molecule has 6 heteroatoms. The van der Waals surface area contributed by atoms with Crippen molar-refractivity contribution in [2.24, 2.45) is 0 Å². The van der Waals surface area contributed by atoms with Gasteiger partial charge in [-0.2, -0.15) is 4.98 Å². The molecule has 2 aromatic heterocycles. The van der Waals surface area contributed by atoms with E-state index in [4.69, 9.17) is 5.73 Å². The van der Waals surface area contributed by atoms with E-state index in [1.54, 1.807) is 6.20 Å². The van der Waals surface area contributed by atoms with Crippen LogP contribution in [0, 0.1) is 3.83 Å². The molecule has 56 valence electrons. The smallest absolute Gasteiger partial charge is 0.222 e. The summed E-state index contributed by atoms with van der Waals surface area (Å²) in [4.78, 5) is 14.8. The minimum absolute atomic E-state index is 0.250. The highest BCUT2D eigenvalue weighted by atomic mass is 127. The van der Waals surface area contributed by atoms with Crippen molar-refractivity contribution >= 4 is 39.7 Å². The first kappa shape index (κ1) is 6.77. The number of halogens is 1. The molecule has 2 aromatic rings. The van der Waals surface area contributed by atoms with Gasteiger partial charge in [0.2, 0.25) is 5.95 Å². The first-order valence-electron chi connectivity index (χ1n) is 2.89. The number of hydrogen-bond acceptors (Lipinski definition) is 4. The van der Waals surface area contributed by atoms with Crippen molar-refractivity contribution < 1.29 is 0 Å². The number of nitrogens with zero attached hydrogens (tertiary/aromatic N) is 3.